The molecular formula is C14H22N4O. The summed E-state index contributed by atoms with van der Waals surface area (Å²) in [6.45, 7) is 7.24. The molecule has 1 aliphatic heterocycles. The minimum absolute atomic E-state index is 0.0397. The maximum atomic E-state index is 12.0. The molecule has 0 saturated carbocycles. The molecule has 0 bridgehead atoms. The van der Waals surface area contributed by atoms with Gasteiger partial charge in [-0.05, 0) is 26.0 Å². The van der Waals surface area contributed by atoms with Gasteiger partial charge in [0, 0.05) is 51.2 Å². The predicted octanol–water partition coefficient (Wildman–Crippen LogP) is 0.972. The first-order valence-electron chi connectivity index (χ1n) is 6.58. The molecule has 2 heterocycles. The highest BCUT2D eigenvalue weighted by Gasteiger charge is 2.30. The number of carbonyl (C=O) groups excluding carboxylic acids is 1. The van der Waals surface area contributed by atoms with Crippen LogP contribution in [-0.2, 0) is 0 Å². The molecule has 1 saturated heterocycles. The molecule has 0 aliphatic carbocycles. The third-order valence-corrected chi connectivity index (χ3v) is 3.48. The maximum absolute atomic E-state index is 12.0. The molecule has 5 nitrogen and oxygen atoms in total. The van der Waals surface area contributed by atoms with Crippen LogP contribution < -0.4 is 10.2 Å². The molecule has 2 rings (SSSR count). The summed E-state index contributed by atoms with van der Waals surface area (Å²) in [5, 5.41) is 3.40. The highest BCUT2D eigenvalue weighted by Crippen LogP contribution is 2.25. The second-order valence-electron chi connectivity index (χ2n) is 5.74. The van der Waals surface area contributed by atoms with Crippen molar-refractivity contribution in [1.82, 2.24) is 15.2 Å². The minimum Gasteiger partial charge on any atom is -0.364 e. The number of pyridine rings is 1. The van der Waals surface area contributed by atoms with Gasteiger partial charge in [-0.1, -0.05) is 0 Å². The summed E-state index contributed by atoms with van der Waals surface area (Å²) in [5.41, 5.74) is 1.60. The topological polar surface area (TPSA) is 48.5 Å². The average Bonchev–Trinajstić information content (AvgIpc) is 2.37. The van der Waals surface area contributed by atoms with E-state index in [9.17, 15) is 4.79 Å². The first-order chi connectivity index (χ1) is 8.92. The van der Waals surface area contributed by atoms with E-state index in [0.717, 1.165) is 25.3 Å². The Labute approximate surface area is 114 Å². The Hall–Kier alpha value is -1.62. The van der Waals surface area contributed by atoms with E-state index < -0.39 is 0 Å². The van der Waals surface area contributed by atoms with Gasteiger partial charge >= 0.3 is 0 Å². The standard InChI is InChI=1S/C14H22N4O/c1-14(2)10-15-7-8-18(14)11-5-6-16-12(9-11)13(19)17(3)4/h5-6,9,15H,7-8,10H2,1-4H3. The van der Waals surface area contributed by atoms with Gasteiger partial charge in [0.1, 0.15) is 5.69 Å². The third kappa shape index (κ3) is 2.87. The normalized spacial score (nSPS) is 18.2. The molecule has 0 radical (unpaired) electrons. The van der Waals surface area contributed by atoms with Crippen LogP contribution >= 0.6 is 0 Å². The number of piperazine rings is 1. The van der Waals surface area contributed by atoms with Gasteiger partial charge in [-0.2, -0.15) is 0 Å². The van der Waals surface area contributed by atoms with Crippen LogP contribution in [0.5, 0.6) is 0 Å². The van der Waals surface area contributed by atoms with Crippen molar-refractivity contribution in [3.8, 4) is 0 Å². The fourth-order valence-corrected chi connectivity index (χ4v) is 2.40. The van der Waals surface area contributed by atoms with E-state index in [2.05, 4.69) is 29.0 Å². The van der Waals surface area contributed by atoms with Gasteiger partial charge in [-0.15, -0.1) is 0 Å². The molecule has 104 valence electrons. The smallest absolute Gasteiger partial charge is 0.272 e. The van der Waals surface area contributed by atoms with E-state index in [1.165, 1.54) is 0 Å². The summed E-state index contributed by atoms with van der Waals surface area (Å²) in [5.74, 6) is -0.0604. The van der Waals surface area contributed by atoms with Gasteiger partial charge < -0.3 is 15.1 Å². The first-order valence-corrected chi connectivity index (χ1v) is 6.58. The fraction of sp³-hybridized carbons (Fsp3) is 0.571. The number of anilines is 1. The molecule has 1 fully saturated rings. The molecular weight excluding hydrogens is 240 g/mol. The van der Waals surface area contributed by atoms with Gasteiger partial charge in [-0.3, -0.25) is 9.78 Å². The second kappa shape index (κ2) is 5.17. The molecule has 19 heavy (non-hydrogen) atoms. The monoisotopic (exact) mass is 262 g/mol. The number of hydrogen-bond acceptors (Lipinski definition) is 4. The lowest BCUT2D eigenvalue weighted by Gasteiger charge is -2.44. The molecule has 1 amide bonds. The molecule has 1 N–H and O–H groups in total. The zero-order chi connectivity index (χ0) is 14.0. The Balaban J connectivity index is 2.30. The number of aromatic nitrogens is 1. The predicted molar refractivity (Wildman–Crippen MR) is 76.5 cm³/mol. The molecule has 1 aromatic heterocycles. The summed E-state index contributed by atoms with van der Waals surface area (Å²) < 4.78 is 0. The van der Waals surface area contributed by atoms with Crippen molar-refractivity contribution >= 4 is 11.6 Å². The van der Waals surface area contributed by atoms with Crippen molar-refractivity contribution in [2.75, 3.05) is 38.6 Å². The zero-order valence-electron chi connectivity index (χ0n) is 12.1. The van der Waals surface area contributed by atoms with Crippen LogP contribution in [0.4, 0.5) is 5.69 Å². The summed E-state index contributed by atoms with van der Waals surface area (Å²) in [6, 6.07) is 3.86. The van der Waals surface area contributed by atoms with Crippen molar-refractivity contribution in [3.63, 3.8) is 0 Å². The first kappa shape index (κ1) is 13.8. The summed E-state index contributed by atoms with van der Waals surface area (Å²) in [7, 11) is 3.48. The van der Waals surface area contributed by atoms with Crippen LogP contribution in [0.15, 0.2) is 18.3 Å². The Bertz CT molecular complexity index is 470. The number of nitrogens with one attached hydrogen (secondary N) is 1. The van der Waals surface area contributed by atoms with E-state index >= 15 is 0 Å². The van der Waals surface area contributed by atoms with Crippen molar-refractivity contribution in [1.29, 1.82) is 0 Å². The van der Waals surface area contributed by atoms with Crippen LogP contribution in [-0.4, -0.2) is 55.1 Å². The van der Waals surface area contributed by atoms with Crippen molar-refractivity contribution in [3.05, 3.63) is 24.0 Å². The molecule has 0 spiro atoms. The van der Waals surface area contributed by atoms with Crippen LogP contribution in [0.3, 0.4) is 0 Å². The van der Waals surface area contributed by atoms with Crippen LogP contribution in [0, 0.1) is 0 Å². The van der Waals surface area contributed by atoms with E-state index in [1.54, 1.807) is 25.2 Å². The molecule has 0 aromatic carbocycles. The number of amides is 1. The number of rotatable bonds is 2. The zero-order valence-corrected chi connectivity index (χ0v) is 12.1. The molecule has 1 aliphatic rings. The lowest BCUT2D eigenvalue weighted by molar-refractivity contribution is 0.0822. The molecule has 1 aromatic rings. The van der Waals surface area contributed by atoms with Crippen molar-refractivity contribution < 1.29 is 4.79 Å². The average molecular weight is 262 g/mol. The Morgan fingerprint density at radius 3 is 2.84 bits per heavy atom. The summed E-state index contributed by atoms with van der Waals surface area (Å²) >= 11 is 0. The number of hydrogen-bond donors (Lipinski definition) is 1. The second-order valence-corrected chi connectivity index (χ2v) is 5.74. The number of carbonyl (C=O) groups is 1. The SMILES string of the molecule is CN(C)C(=O)c1cc(N2CCNCC2(C)C)ccn1. The van der Waals surface area contributed by atoms with Crippen LogP contribution in [0.2, 0.25) is 0 Å². The molecule has 0 unspecified atom stereocenters. The third-order valence-electron chi connectivity index (χ3n) is 3.48. The van der Waals surface area contributed by atoms with E-state index in [0.29, 0.717) is 5.69 Å². The highest BCUT2D eigenvalue weighted by atomic mass is 16.2. The lowest BCUT2D eigenvalue weighted by atomic mass is 9.99. The molecule has 0 atom stereocenters. The largest absolute Gasteiger partial charge is 0.364 e. The van der Waals surface area contributed by atoms with Gasteiger partial charge in [0.05, 0.1) is 0 Å². The lowest BCUT2D eigenvalue weighted by Crippen LogP contribution is -2.58. The fourth-order valence-electron chi connectivity index (χ4n) is 2.40. The van der Waals surface area contributed by atoms with Crippen LogP contribution in [0.25, 0.3) is 0 Å². The minimum atomic E-state index is -0.0604. The molecule has 5 heteroatoms. The maximum Gasteiger partial charge on any atom is 0.272 e. The summed E-state index contributed by atoms with van der Waals surface area (Å²) in [6.07, 6.45) is 1.71. The quantitative estimate of drug-likeness (QED) is 0.863. The Morgan fingerprint density at radius 2 is 2.21 bits per heavy atom. The van der Waals surface area contributed by atoms with Crippen molar-refractivity contribution in [2.45, 2.75) is 19.4 Å². The van der Waals surface area contributed by atoms with Gasteiger partial charge in [0.25, 0.3) is 5.91 Å². The summed E-state index contributed by atoms with van der Waals surface area (Å²) in [4.78, 5) is 20.0. The van der Waals surface area contributed by atoms with Gasteiger partial charge in [0.2, 0.25) is 0 Å². The van der Waals surface area contributed by atoms with Gasteiger partial charge in [0.15, 0.2) is 0 Å². The van der Waals surface area contributed by atoms with Crippen LogP contribution in [0.1, 0.15) is 24.3 Å². The van der Waals surface area contributed by atoms with E-state index in [4.69, 9.17) is 0 Å². The van der Waals surface area contributed by atoms with E-state index in [-0.39, 0.29) is 11.4 Å². The van der Waals surface area contributed by atoms with Crippen molar-refractivity contribution in [2.24, 2.45) is 0 Å². The number of nitrogens with zero attached hydrogens (tertiary/aromatic N) is 3. The Morgan fingerprint density at radius 1 is 1.47 bits per heavy atom. The van der Waals surface area contributed by atoms with E-state index in [1.807, 2.05) is 12.1 Å². The van der Waals surface area contributed by atoms with Gasteiger partial charge in [-0.25, -0.2) is 0 Å². The Kier molecular flexibility index (Phi) is 3.75. The highest BCUT2D eigenvalue weighted by molar-refractivity contribution is 5.92.